The number of carbonyl (C=O) groups is 4. The van der Waals surface area contributed by atoms with E-state index in [9.17, 15) is 19.2 Å². The number of piperidine rings is 2. The third-order valence-electron chi connectivity index (χ3n) is 7.11. The average Bonchev–Trinajstić information content (AvgIpc) is 2.89. The SMILES string of the molecule is O=C(Cc1ccc2c(c1)OCCO2)N1CCCCC1CN1CCCCC1.O=C(O)CC(O)(CC(=O)O)C(=O)O. The van der Waals surface area contributed by atoms with Crippen LogP contribution >= 0.6 is 0 Å². The van der Waals surface area contributed by atoms with Crippen LogP contribution in [0.4, 0.5) is 0 Å². The minimum atomic E-state index is -2.74. The van der Waals surface area contributed by atoms with Crippen LogP contribution in [-0.2, 0) is 25.6 Å². The number of aliphatic carboxylic acids is 3. The van der Waals surface area contributed by atoms with Gasteiger partial charge in [0.15, 0.2) is 17.1 Å². The number of aliphatic hydroxyl groups is 1. The van der Waals surface area contributed by atoms with Crippen LogP contribution in [0.3, 0.4) is 0 Å². The second kappa shape index (κ2) is 14.1. The van der Waals surface area contributed by atoms with Gasteiger partial charge in [-0.05, 0) is 62.9 Å². The summed E-state index contributed by atoms with van der Waals surface area (Å²) < 4.78 is 11.2. The van der Waals surface area contributed by atoms with Crippen LogP contribution in [0.25, 0.3) is 0 Å². The minimum Gasteiger partial charge on any atom is -0.486 e. The van der Waals surface area contributed by atoms with E-state index in [-0.39, 0.29) is 5.91 Å². The third kappa shape index (κ3) is 9.10. The van der Waals surface area contributed by atoms with Gasteiger partial charge in [-0.25, -0.2) is 4.79 Å². The highest BCUT2D eigenvalue weighted by Crippen LogP contribution is 2.31. The van der Waals surface area contributed by atoms with E-state index in [0.717, 1.165) is 43.0 Å². The molecule has 1 aromatic carbocycles. The Morgan fingerprint density at radius 3 is 2.08 bits per heavy atom. The first-order valence-electron chi connectivity index (χ1n) is 13.4. The molecule has 0 aromatic heterocycles. The molecule has 12 heteroatoms. The molecule has 1 atom stereocenters. The molecule has 216 valence electrons. The predicted molar refractivity (Wildman–Crippen MR) is 138 cm³/mol. The van der Waals surface area contributed by atoms with Gasteiger partial charge >= 0.3 is 17.9 Å². The van der Waals surface area contributed by atoms with E-state index < -0.39 is 36.4 Å². The van der Waals surface area contributed by atoms with Gasteiger partial charge in [0.2, 0.25) is 5.91 Å². The molecule has 12 nitrogen and oxygen atoms in total. The normalized spacial score (nSPS) is 19.4. The largest absolute Gasteiger partial charge is 0.486 e. The van der Waals surface area contributed by atoms with Crippen LogP contribution in [0.15, 0.2) is 18.2 Å². The molecule has 3 heterocycles. The lowest BCUT2D eigenvalue weighted by Crippen LogP contribution is -2.50. The van der Waals surface area contributed by atoms with Gasteiger partial charge in [-0.15, -0.1) is 0 Å². The molecule has 3 aliphatic rings. The summed E-state index contributed by atoms with van der Waals surface area (Å²) in [6, 6.07) is 6.27. The number of benzene rings is 1. The van der Waals surface area contributed by atoms with E-state index in [0.29, 0.717) is 25.7 Å². The van der Waals surface area contributed by atoms with Crippen molar-refractivity contribution >= 4 is 23.8 Å². The Kier molecular flexibility index (Phi) is 10.9. The summed E-state index contributed by atoms with van der Waals surface area (Å²) in [7, 11) is 0. The first-order valence-corrected chi connectivity index (χ1v) is 13.4. The molecule has 0 spiro atoms. The number of likely N-dealkylation sites (tertiary alicyclic amines) is 2. The lowest BCUT2D eigenvalue weighted by molar-refractivity contribution is -0.170. The van der Waals surface area contributed by atoms with Crippen molar-refractivity contribution in [2.75, 3.05) is 39.4 Å². The molecule has 0 radical (unpaired) electrons. The van der Waals surface area contributed by atoms with Crippen molar-refractivity contribution in [3.8, 4) is 11.5 Å². The Hall–Kier alpha value is -3.38. The fraction of sp³-hybridized carbons (Fsp3) is 0.630. The standard InChI is InChI=1S/C21H30N2O3.C6H8O7/c24-21(15-17-7-8-19-20(14-17)26-13-12-25-19)23-11-5-2-6-18(23)16-22-9-3-1-4-10-22;7-3(8)1-6(13,5(11)12)2-4(9)10/h7-8,14,18H,1-6,9-13,15-16H2;13H,1-2H2,(H,7,8)(H,9,10)(H,11,12). The molecule has 3 aliphatic heterocycles. The number of carbonyl (C=O) groups excluding carboxylic acids is 1. The summed E-state index contributed by atoms with van der Waals surface area (Å²) >= 11 is 0. The summed E-state index contributed by atoms with van der Waals surface area (Å²) in [5.74, 6) is -3.21. The summed E-state index contributed by atoms with van der Waals surface area (Å²) in [5, 5.41) is 33.8. The maximum atomic E-state index is 13.0. The molecular formula is C27H38N2O10. The van der Waals surface area contributed by atoms with E-state index in [1.807, 2.05) is 18.2 Å². The number of rotatable bonds is 9. The zero-order valence-corrected chi connectivity index (χ0v) is 22.0. The Balaban J connectivity index is 0.000000276. The number of hydrogen-bond acceptors (Lipinski definition) is 8. The number of carboxylic acid groups (broad SMARTS) is 3. The third-order valence-corrected chi connectivity index (χ3v) is 7.11. The van der Waals surface area contributed by atoms with Crippen molar-refractivity contribution in [2.45, 2.75) is 69.4 Å². The number of fused-ring (bicyclic) bond motifs is 1. The zero-order chi connectivity index (χ0) is 28.4. The van der Waals surface area contributed by atoms with Gasteiger partial charge in [0.1, 0.15) is 13.2 Å². The molecule has 0 saturated carbocycles. The molecule has 39 heavy (non-hydrogen) atoms. The maximum absolute atomic E-state index is 13.0. The maximum Gasteiger partial charge on any atom is 0.336 e. The number of hydrogen-bond donors (Lipinski definition) is 4. The van der Waals surface area contributed by atoms with E-state index in [2.05, 4.69) is 9.80 Å². The van der Waals surface area contributed by atoms with E-state index in [1.165, 1.54) is 38.8 Å². The van der Waals surface area contributed by atoms with Crippen molar-refractivity contribution in [3.05, 3.63) is 23.8 Å². The molecule has 4 N–H and O–H groups in total. The molecule has 0 aliphatic carbocycles. The van der Waals surface area contributed by atoms with Crippen LogP contribution in [0.5, 0.6) is 11.5 Å². The molecule has 1 amide bonds. The highest BCUT2D eigenvalue weighted by Gasteiger charge is 2.40. The van der Waals surface area contributed by atoms with Gasteiger partial charge in [-0.2, -0.15) is 0 Å². The average molecular weight is 551 g/mol. The molecule has 4 rings (SSSR count). The summed E-state index contributed by atoms with van der Waals surface area (Å²) in [6.45, 7) is 5.52. The van der Waals surface area contributed by atoms with Crippen molar-refractivity contribution in [3.63, 3.8) is 0 Å². The number of ether oxygens (including phenoxy) is 2. The Labute approximate surface area is 227 Å². The van der Waals surface area contributed by atoms with Crippen molar-refractivity contribution in [1.82, 2.24) is 9.80 Å². The second-order valence-corrected chi connectivity index (χ2v) is 10.2. The van der Waals surface area contributed by atoms with Gasteiger partial charge in [0.25, 0.3) is 0 Å². The molecule has 1 aromatic rings. The van der Waals surface area contributed by atoms with E-state index in [4.69, 9.17) is 29.9 Å². The topological polar surface area (TPSA) is 174 Å². The van der Waals surface area contributed by atoms with Crippen molar-refractivity contribution in [2.24, 2.45) is 0 Å². The smallest absolute Gasteiger partial charge is 0.336 e. The second-order valence-electron chi connectivity index (χ2n) is 10.2. The fourth-order valence-corrected chi connectivity index (χ4v) is 5.15. The lowest BCUT2D eigenvalue weighted by Gasteiger charge is -2.40. The van der Waals surface area contributed by atoms with Gasteiger partial charge < -0.3 is 39.7 Å². The molecular weight excluding hydrogens is 512 g/mol. The Bertz CT molecular complexity index is 1010. The van der Waals surface area contributed by atoms with Crippen LogP contribution in [-0.4, -0.2) is 105 Å². The predicted octanol–water partition coefficient (Wildman–Crippen LogP) is 1.62. The van der Waals surface area contributed by atoms with Crippen LogP contribution < -0.4 is 9.47 Å². The molecule has 0 bridgehead atoms. The highest BCUT2D eigenvalue weighted by atomic mass is 16.6. The first-order chi connectivity index (χ1) is 18.6. The van der Waals surface area contributed by atoms with Crippen LogP contribution in [0.1, 0.15) is 56.9 Å². The molecule has 2 saturated heterocycles. The van der Waals surface area contributed by atoms with Gasteiger partial charge in [-0.3, -0.25) is 14.4 Å². The summed E-state index contributed by atoms with van der Waals surface area (Å²) in [5.41, 5.74) is -1.72. The Morgan fingerprint density at radius 2 is 1.46 bits per heavy atom. The van der Waals surface area contributed by atoms with Crippen LogP contribution in [0.2, 0.25) is 0 Å². The fourth-order valence-electron chi connectivity index (χ4n) is 5.15. The molecule has 2 fully saturated rings. The Morgan fingerprint density at radius 1 is 0.846 bits per heavy atom. The summed E-state index contributed by atoms with van der Waals surface area (Å²) in [4.78, 5) is 48.2. The monoisotopic (exact) mass is 550 g/mol. The molecule has 1 unspecified atom stereocenters. The summed E-state index contributed by atoms with van der Waals surface area (Å²) in [6.07, 6.45) is 5.64. The van der Waals surface area contributed by atoms with Gasteiger partial charge in [0, 0.05) is 19.1 Å². The van der Waals surface area contributed by atoms with Gasteiger partial charge in [-0.1, -0.05) is 12.5 Å². The zero-order valence-electron chi connectivity index (χ0n) is 22.0. The highest BCUT2D eigenvalue weighted by molar-refractivity contribution is 5.88. The number of amides is 1. The number of nitrogens with zero attached hydrogens (tertiary/aromatic N) is 2. The lowest BCUT2D eigenvalue weighted by atomic mass is 9.96. The minimum absolute atomic E-state index is 0.253. The van der Waals surface area contributed by atoms with Crippen molar-refractivity contribution < 1.29 is 49.1 Å². The number of carboxylic acids is 3. The van der Waals surface area contributed by atoms with Crippen molar-refractivity contribution in [1.29, 1.82) is 0 Å². The quantitative estimate of drug-likeness (QED) is 0.352. The first kappa shape index (κ1) is 30.2. The van der Waals surface area contributed by atoms with Gasteiger partial charge in [0.05, 0.1) is 19.3 Å². The van der Waals surface area contributed by atoms with Crippen LogP contribution in [0, 0.1) is 0 Å². The van der Waals surface area contributed by atoms with E-state index in [1.54, 1.807) is 0 Å². The van der Waals surface area contributed by atoms with E-state index >= 15 is 0 Å².